The van der Waals surface area contributed by atoms with Gasteiger partial charge in [-0.3, -0.25) is 0 Å². The molecule has 7 aromatic rings. The van der Waals surface area contributed by atoms with Crippen LogP contribution < -0.4 is 0 Å². The standard InChI is InChI=1S/C18H13BrFN3O3S.C12H9BrFN3O.C4H8O/c1-10-16(11(2)26-22-10)17-15(20)8-13-14(19)9-23(18(13)21-17)27(24,25)12-6-4-3-5-7-12;1-5-10(6(2)18-17-5)11-9(14)3-7-8(13)4-15-12(7)16-11;1-2-4-5-3-1/h3-9H,1-2H3;3-4H,1-2H3,(H,15,16);1-4H2. The van der Waals surface area contributed by atoms with Crippen LogP contribution in [0.2, 0.25) is 0 Å². The van der Waals surface area contributed by atoms with E-state index in [-0.39, 0.29) is 21.9 Å². The molecule has 6 aromatic heterocycles. The number of halogens is 4. The summed E-state index contributed by atoms with van der Waals surface area (Å²) in [6.07, 6.45) is 5.66. The predicted molar refractivity (Wildman–Crippen MR) is 190 cm³/mol. The summed E-state index contributed by atoms with van der Waals surface area (Å²) in [7, 11) is -3.90. The summed E-state index contributed by atoms with van der Waals surface area (Å²) in [6, 6.07) is 10.7. The van der Waals surface area contributed by atoms with Gasteiger partial charge >= 0.3 is 0 Å². The molecule has 0 atom stereocenters. The van der Waals surface area contributed by atoms with Crippen molar-refractivity contribution in [3.8, 4) is 22.5 Å². The summed E-state index contributed by atoms with van der Waals surface area (Å²) in [5, 5.41) is 8.70. The molecule has 1 aliphatic rings. The third-order valence-corrected chi connectivity index (χ3v) is 10.8. The number of fused-ring (bicyclic) bond motifs is 2. The van der Waals surface area contributed by atoms with E-state index in [0.717, 1.165) is 21.7 Å². The van der Waals surface area contributed by atoms with E-state index in [9.17, 15) is 17.2 Å². The molecule has 260 valence electrons. The molecular formula is C34H30Br2F2N6O5S. The molecule has 7 heterocycles. The second kappa shape index (κ2) is 14.5. The topological polar surface area (TPSA) is 142 Å². The highest BCUT2D eigenvalue weighted by Crippen LogP contribution is 2.35. The minimum Gasteiger partial charge on any atom is -0.381 e. The lowest BCUT2D eigenvalue weighted by Crippen LogP contribution is -2.12. The summed E-state index contributed by atoms with van der Waals surface area (Å²) in [5.41, 5.74) is 3.11. The van der Waals surface area contributed by atoms with Gasteiger partial charge < -0.3 is 18.8 Å². The zero-order valence-electron chi connectivity index (χ0n) is 27.2. The minimum atomic E-state index is -3.90. The Morgan fingerprint density at radius 3 is 1.88 bits per heavy atom. The Morgan fingerprint density at radius 2 is 1.36 bits per heavy atom. The predicted octanol–water partition coefficient (Wildman–Crippen LogP) is 8.98. The maximum atomic E-state index is 14.7. The Morgan fingerprint density at radius 1 is 0.800 bits per heavy atom. The number of aromatic nitrogens is 6. The maximum absolute atomic E-state index is 14.7. The summed E-state index contributed by atoms with van der Waals surface area (Å²) < 4.78 is 72.3. The number of aromatic amines is 1. The van der Waals surface area contributed by atoms with Gasteiger partial charge in [0.15, 0.2) is 5.65 Å². The van der Waals surface area contributed by atoms with E-state index >= 15 is 0 Å². The van der Waals surface area contributed by atoms with Crippen molar-refractivity contribution in [2.24, 2.45) is 0 Å². The van der Waals surface area contributed by atoms with Gasteiger partial charge in [0.25, 0.3) is 10.0 Å². The van der Waals surface area contributed by atoms with E-state index in [4.69, 9.17) is 13.8 Å². The van der Waals surface area contributed by atoms with Crippen LogP contribution in [-0.4, -0.2) is 50.9 Å². The number of H-pyrrole nitrogens is 1. The van der Waals surface area contributed by atoms with E-state index in [1.54, 1.807) is 52.1 Å². The van der Waals surface area contributed by atoms with Gasteiger partial charge in [-0.25, -0.2) is 31.1 Å². The molecule has 1 N–H and O–H groups in total. The maximum Gasteiger partial charge on any atom is 0.269 e. The molecular weight excluding hydrogens is 802 g/mol. The molecule has 0 spiro atoms. The average Bonchev–Trinajstić information content (AvgIpc) is 3.95. The van der Waals surface area contributed by atoms with Gasteiger partial charge in [-0.1, -0.05) is 28.5 Å². The van der Waals surface area contributed by atoms with Crippen LogP contribution in [-0.2, 0) is 14.8 Å². The largest absolute Gasteiger partial charge is 0.381 e. The van der Waals surface area contributed by atoms with Crippen molar-refractivity contribution in [3.63, 3.8) is 0 Å². The van der Waals surface area contributed by atoms with Crippen molar-refractivity contribution in [3.05, 3.63) is 98.3 Å². The Balaban J connectivity index is 0.000000160. The lowest BCUT2D eigenvalue weighted by molar-refractivity contribution is 0.198. The van der Waals surface area contributed by atoms with E-state index < -0.39 is 21.7 Å². The Hall–Kier alpha value is -4.25. The molecule has 0 amide bonds. The number of nitrogens with zero attached hydrogens (tertiary/aromatic N) is 5. The number of nitrogens with one attached hydrogen (secondary N) is 1. The van der Waals surface area contributed by atoms with Gasteiger partial charge in [0.05, 0.1) is 27.4 Å². The Bertz CT molecular complexity index is 2390. The molecule has 0 aliphatic carbocycles. The molecule has 1 aliphatic heterocycles. The third-order valence-electron chi connectivity index (χ3n) is 7.89. The second-order valence-corrected chi connectivity index (χ2v) is 14.9. The number of benzene rings is 1. The van der Waals surface area contributed by atoms with Crippen molar-refractivity contribution < 1.29 is 31.0 Å². The van der Waals surface area contributed by atoms with Crippen LogP contribution in [0.4, 0.5) is 8.78 Å². The van der Waals surface area contributed by atoms with Crippen LogP contribution in [0.15, 0.2) is 77.7 Å². The minimum absolute atomic E-state index is 0.00568. The van der Waals surface area contributed by atoms with Crippen LogP contribution in [0.1, 0.15) is 35.7 Å². The third kappa shape index (κ3) is 6.89. The first-order valence-corrected chi connectivity index (χ1v) is 18.4. The van der Waals surface area contributed by atoms with Crippen molar-refractivity contribution in [2.45, 2.75) is 45.4 Å². The highest BCUT2D eigenvalue weighted by Gasteiger charge is 2.25. The van der Waals surface area contributed by atoms with Crippen molar-refractivity contribution in [1.82, 2.24) is 29.2 Å². The number of hydrogen-bond acceptors (Lipinski definition) is 9. The van der Waals surface area contributed by atoms with Crippen LogP contribution in [0, 0.1) is 39.3 Å². The fraction of sp³-hybridized carbons (Fsp3) is 0.235. The first-order chi connectivity index (χ1) is 23.9. The molecule has 1 aromatic carbocycles. The van der Waals surface area contributed by atoms with Gasteiger partial charge in [-0.2, -0.15) is 0 Å². The normalized spacial score (nSPS) is 13.0. The first-order valence-electron chi connectivity index (χ1n) is 15.3. The fourth-order valence-electron chi connectivity index (χ4n) is 5.44. The van der Waals surface area contributed by atoms with E-state index in [2.05, 4.69) is 57.1 Å². The van der Waals surface area contributed by atoms with Crippen molar-refractivity contribution in [1.29, 1.82) is 0 Å². The summed E-state index contributed by atoms with van der Waals surface area (Å²) in [4.78, 5) is 11.7. The molecule has 11 nitrogen and oxygen atoms in total. The van der Waals surface area contributed by atoms with E-state index in [1.807, 2.05) is 0 Å². The van der Waals surface area contributed by atoms with Crippen LogP contribution in [0.5, 0.6) is 0 Å². The Labute approximate surface area is 302 Å². The summed E-state index contributed by atoms with van der Waals surface area (Å²) in [6.45, 7) is 8.83. The second-order valence-electron chi connectivity index (χ2n) is 11.4. The van der Waals surface area contributed by atoms with Gasteiger partial charge in [0, 0.05) is 45.3 Å². The van der Waals surface area contributed by atoms with Crippen LogP contribution in [0.3, 0.4) is 0 Å². The van der Waals surface area contributed by atoms with Crippen molar-refractivity contribution in [2.75, 3.05) is 13.2 Å². The van der Waals surface area contributed by atoms with Crippen molar-refractivity contribution >= 4 is 63.9 Å². The summed E-state index contributed by atoms with van der Waals surface area (Å²) >= 11 is 6.63. The van der Waals surface area contributed by atoms with E-state index in [1.165, 1.54) is 43.3 Å². The number of ether oxygens (including phenoxy) is 1. The molecule has 0 bridgehead atoms. The first kappa shape index (κ1) is 35.6. The Kier molecular flexibility index (Phi) is 10.3. The average molecular weight is 833 g/mol. The highest BCUT2D eigenvalue weighted by atomic mass is 79.9. The van der Waals surface area contributed by atoms with Gasteiger partial charge in [-0.05, 0) is 96.7 Å². The van der Waals surface area contributed by atoms with Gasteiger partial charge in [0.1, 0.15) is 40.2 Å². The van der Waals surface area contributed by atoms with Gasteiger partial charge in [0.2, 0.25) is 0 Å². The molecule has 1 fully saturated rings. The zero-order chi connectivity index (χ0) is 35.7. The lowest BCUT2D eigenvalue weighted by atomic mass is 10.1. The van der Waals surface area contributed by atoms with Gasteiger partial charge in [-0.15, -0.1) is 0 Å². The van der Waals surface area contributed by atoms with Crippen LogP contribution in [0.25, 0.3) is 44.6 Å². The molecule has 16 heteroatoms. The smallest absolute Gasteiger partial charge is 0.269 e. The fourth-order valence-corrected chi connectivity index (χ4v) is 7.83. The van der Waals surface area contributed by atoms with Crippen LogP contribution >= 0.6 is 31.9 Å². The number of hydrogen-bond donors (Lipinski definition) is 1. The number of pyridine rings is 2. The molecule has 0 radical (unpaired) electrons. The molecule has 0 saturated carbocycles. The summed E-state index contributed by atoms with van der Waals surface area (Å²) in [5.74, 6) is -0.0186. The highest BCUT2D eigenvalue weighted by molar-refractivity contribution is 9.11. The van der Waals surface area contributed by atoms with E-state index in [0.29, 0.717) is 54.9 Å². The SMILES string of the molecule is C1CCOC1.Cc1noc(C)c1-c1nc2[nH]cc(Br)c2cc1F.Cc1noc(C)c1-c1nc2c(cc1F)c(Br)cn2S(=O)(=O)c1ccccc1. The molecule has 1 saturated heterocycles. The lowest BCUT2D eigenvalue weighted by Gasteiger charge is -2.08. The monoisotopic (exact) mass is 830 g/mol. The molecule has 0 unspecified atom stereocenters. The number of aryl methyl sites for hydroxylation is 4. The number of rotatable bonds is 4. The quantitative estimate of drug-likeness (QED) is 0.184. The molecule has 8 rings (SSSR count). The zero-order valence-corrected chi connectivity index (χ0v) is 31.2. The molecule has 50 heavy (non-hydrogen) atoms.